The maximum atomic E-state index is 13.2. The summed E-state index contributed by atoms with van der Waals surface area (Å²) in [6.45, 7) is 9.11. The largest absolute Gasteiger partial charge is 0.454 e. The number of hydrogen-bond acceptors (Lipinski definition) is 6. The van der Waals surface area contributed by atoms with Gasteiger partial charge in [0.1, 0.15) is 12.4 Å². The Balaban J connectivity index is 1.83. The SMILES string of the molecule is CCCNC(=O)CN1C(=O)CSC(c2ccc3c(c2)OCO3)c2c(C(C)(C)C)nn(C)c21. The average molecular weight is 459 g/mol. The van der Waals surface area contributed by atoms with Crippen LogP contribution in [0.25, 0.3) is 0 Å². The fourth-order valence-corrected chi connectivity index (χ4v) is 5.23. The third-order valence-corrected chi connectivity index (χ3v) is 6.78. The zero-order valence-corrected chi connectivity index (χ0v) is 20.0. The first-order valence-electron chi connectivity index (χ1n) is 10.9. The van der Waals surface area contributed by atoms with E-state index >= 15 is 0 Å². The first kappa shape index (κ1) is 22.5. The van der Waals surface area contributed by atoms with Crippen molar-refractivity contribution in [3.63, 3.8) is 0 Å². The molecule has 3 heterocycles. The number of aromatic nitrogens is 2. The summed E-state index contributed by atoms with van der Waals surface area (Å²) in [6, 6.07) is 5.91. The average Bonchev–Trinajstić information content (AvgIpc) is 3.31. The molecule has 0 saturated heterocycles. The fourth-order valence-electron chi connectivity index (χ4n) is 4.05. The lowest BCUT2D eigenvalue weighted by atomic mass is 9.87. The summed E-state index contributed by atoms with van der Waals surface area (Å²) in [7, 11) is 1.84. The molecule has 8 nitrogen and oxygen atoms in total. The van der Waals surface area contributed by atoms with E-state index in [1.807, 2.05) is 32.2 Å². The van der Waals surface area contributed by atoms with E-state index in [-0.39, 0.29) is 41.6 Å². The molecule has 0 fully saturated rings. The minimum absolute atomic E-state index is 0.0244. The number of fused-ring (bicyclic) bond motifs is 2. The lowest BCUT2D eigenvalue weighted by molar-refractivity contribution is -0.122. The van der Waals surface area contributed by atoms with E-state index in [2.05, 4.69) is 26.1 Å². The molecule has 0 spiro atoms. The Hall–Kier alpha value is -2.68. The molecule has 0 radical (unpaired) electrons. The summed E-state index contributed by atoms with van der Waals surface area (Å²) >= 11 is 1.55. The number of thioether (sulfide) groups is 1. The summed E-state index contributed by atoms with van der Waals surface area (Å²) in [5.74, 6) is 2.10. The van der Waals surface area contributed by atoms with Gasteiger partial charge in [-0.2, -0.15) is 5.10 Å². The van der Waals surface area contributed by atoms with Crippen molar-refractivity contribution in [2.75, 3.05) is 30.5 Å². The molecule has 2 aliphatic heterocycles. The quantitative estimate of drug-likeness (QED) is 0.741. The Morgan fingerprint density at radius 2 is 2.03 bits per heavy atom. The predicted molar refractivity (Wildman–Crippen MR) is 124 cm³/mol. The number of nitrogens with one attached hydrogen (secondary N) is 1. The maximum Gasteiger partial charge on any atom is 0.240 e. The second kappa shape index (κ2) is 8.69. The minimum Gasteiger partial charge on any atom is -0.454 e. The van der Waals surface area contributed by atoms with Crippen LogP contribution < -0.4 is 19.7 Å². The van der Waals surface area contributed by atoms with Gasteiger partial charge in [-0.05, 0) is 24.1 Å². The molecule has 2 aromatic rings. The molecular formula is C23H30N4O4S. The van der Waals surface area contributed by atoms with Gasteiger partial charge in [-0.1, -0.05) is 33.8 Å². The molecule has 1 unspecified atom stereocenters. The van der Waals surface area contributed by atoms with E-state index < -0.39 is 0 Å². The zero-order chi connectivity index (χ0) is 23.0. The van der Waals surface area contributed by atoms with Crippen LogP contribution in [0.3, 0.4) is 0 Å². The highest BCUT2D eigenvalue weighted by Crippen LogP contribution is 2.49. The Bertz CT molecular complexity index is 1040. The number of anilines is 1. The molecule has 1 aromatic heterocycles. The molecule has 0 saturated carbocycles. The number of carbonyl (C=O) groups excluding carboxylic acids is 2. The van der Waals surface area contributed by atoms with Crippen molar-refractivity contribution in [3.05, 3.63) is 35.0 Å². The van der Waals surface area contributed by atoms with Crippen LogP contribution in [0.1, 0.15) is 56.2 Å². The maximum absolute atomic E-state index is 13.2. The highest BCUT2D eigenvalue weighted by atomic mass is 32.2. The van der Waals surface area contributed by atoms with Crippen LogP contribution in [0.4, 0.5) is 5.82 Å². The Labute approximate surface area is 192 Å². The Kier molecular flexibility index (Phi) is 6.11. The van der Waals surface area contributed by atoms with Crippen molar-refractivity contribution in [3.8, 4) is 11.5 Å². The summed E-state index contributed by atoms with van der Waals surface area (Å²) in [5, 5.41) is 7.58. The van der Waals surface area contributed by atoms with Crippen LogP contribution in [0.15, 0.2) is 18.2 Å². The van der Waals surface area contributed by atoms with E-state index in [0.717, 1.165) is 29.0 Å². The third kappa shape index (κ3) is 4.18. The smallest absolute Gasteiger partial charge is 0.240 e. The van der Waals surface area contributed by atoms with Crippen LogP contribution >= 0.6 is 11.8 Å². The van der Waals surface area contributed by atoms with Crippen molar-refractivity contribution in [2.24, 2.45) is 7.05 Å². The van der Waals surface area contributed by atoms with E-state index in [0.29, 0.717) is 18.1 Å². The molecule has 2 aliphatic rings. The van der Waals surface area contributed by atoms with Gasteiger partial charge in [0.15, 0.2) is 11.5 Å². The Morgan fingerprint density at radius 3 is 2.75 bits per heavy atom. The summed E-state index contributed by atoms with van der Waals surface area (Å²) in [4.78, 5) is 27.3. The lowest BCUT2D eigenvalue weighted by Gasteiger charge is -2.24. The van der Waals surface area contributed by atoms with Crippen molar-refractivity contribution in [2.45, 2.75) is 44.8 Å². The summed E-state index contributed by atoms with van der Waals surface area (Å²) in [6.07, 6.45) is 0.840. The standard InChI is InChI=1S/C23H30N4O4S/c1-6-9-24-17(28)11-27-18(29)12-32-20(14-7-8-15-16(10-14)31-13-30-15)19-21(23(2,3)4)25-26(5)22(19)27/h7-8,10,20H,6,9,11-13H2,1-5H3,(H,24,28). The van der Waals surface area contributed by atoms with Crippen LogP contribution in [0, 0.1) is 0 Å². The fraction of sp³-hybridized carbons (Fsp3) is 0.522. The van der Waals surface area contributed by atoms with Crippen LogP contribution in [0.5, 0.6) is 11.5 Å². The van der Waals surface area contributed by atoms with Crippen molar-refractivity contribution < 1.29 is 19.1 Å². The molecule has 0 aliphatic carbocycles. The van der Waals surface area contributed by atoms with Gasteiger partial charge in [-0.25, -0.2) is 0 Å². The van der Waals surface area contributed by atoms with Gasteiger partial charge in [0.25, 0.3) is 0 Å². The van der Waals surface area contributed by atoms with E-state index in [1.165, 1.54) is 0 Å². The molecule has 172 valence electrons. The number of hydrogen-bond donors (Lipinski definition) is 1. The van der Waals surface area contributed by atoms with Crippen LogP contribution in [-0.2, 0) is 22.1 Å². The second-order valence-corrected chi connectivity index (χ2v) is 10.2. The summed E-state index contributed by atoms with van der Waals surface area (Å²) in [5.41, 5.74) is 2.66. The number of carbonyl (C=O) groups is 2. The normalized spacial score (nSPS) is 17.8. The molecular weight excluding hydrogens is 428 g/mol. The minimum atomic E-state index is -0.246. The highest BCUT2D eigenvalue weighted by molar-refractivity contribution is 8.00. The zero-order valence-electron chi connectivity index (χ0n) is 19.2. The van der Waals surface area contributed by atoms with E-state index in [9.17, 15) is 9.59 Å². The predicted octanol–water partition coefficient (Wildman–Crippen LogP) is 3.14. The molecule has 2 amide bonds. The Morgan fingerprint density at radius 1 is 1.28 bits per heavy atom. The molecule has 1 N–H and O–H groups in total. The molecule has 1 atom stereocenters. The lowest BCUT2D eigenvalue weighted by Crippen LogP contribution is -2.42. The van der Waals surface area contributed by atoms with Gasteiger partial charge in [-0.15, -0.1) is 11.8 Å². The number of benzene rings is 1. The van der Waals surface area contributed by atoms with E-state index in [4.69, 9.17) is 14.6 Å². The first-order valence-corrected chi connectivity index (χ1v) is 11.9. The van der Waals surface area contributed by atoms with Crippen molar-refractivity contribution in [1.82, 2.24) is 15.1 Å². The molecule has 32 heavy (non-hydrogen) atoms. The number of rotatable bonds is 5. The molecule has 4 rings (SSSR count). The van der Waals surface area contributed by atoms with Crippen molar-refractivity contribution in [1.29, 1.82) is 0 Å². The molecule has 9 heteroatoms. The van der Waals surface area contributed by atoms with Gasteiger partial charge in [-0.3, -0.25) is 19.2 Å². The van der Waals surface area contributed by atoms with Gasteiger partial charge >= 0.3 is 0 Å². The van der Waals surface area contributed by atoms with E-state index in [1.54, 1.807) is 21.3 Å². The summed E-state index contributed by atoms with van der Waals surface area (Å²) < 4.78 is 12.8. The van der Waals surface area contributed by atoms with Crippen LogP contribution in [0.2, 0.25) is 0 Å². The number of ether oxygens (including phenoxy) is 2. The van der Waals surface area contributed by atoms with Gasteiger partial charge in [0, 0.05) is 24.6 Å². The monoisotopic (exact) mass is 458 g/mol. The van der Waals surface area contributed by atoms with Gasteiger partial charge in [0.2, 0.25) is 18.6 Å². The topological polar surface area (TPSA) is 85.7 Å². The van der Waals surface area contributed by atoms with Crippen molar-refractivity contribution >= 4 is 29.4 Å². The third-order valence-electron chi connectivity index (χ3n) is 5.53. The molecule has 1 aromatic carbocycles. The van der Waals surface area contributed by atoms with Gasteiger partial charge < -0.3 is 14.8 Å². The van der Waals surface area contributed by atoms with Crippen LogP contribution in [-0.4, -0.2) is 47.2 Å². The number of aryl methyl sites for hydroxylation is 1. The first-order chi connectivity index (χ1) is 15.2. The second-order valence-electron chi connectivity index (χ2n) is 9.09. The number of nitrogens with zero attached hydrogens (tertiary/aromatic N) is 3. The van der Waals surface area contributed by atoms with Gasteiger partial charge in [0.05, 0.1) is 16.7 Å². The highest BCUT2D eigenvalue weighted by Gasteiger charge is 2.39. The molecule has 0 bridgehead atoms. The number of amides is 2.